The Morgan fingerprint density at radius 1 is 1.35 bits per heavy atom. The van der Waals surface area contributed by atoms with Crippen LogP contribution in [0.4, 0.5) is 11.6 Å². The number of hydrogen-bond donors (Lipinski definition) is 1. The topological polar surface area (TPSA) is 94.6 Å². The van der Waals surface area contributed by atoms with Crippen molar-refractivity contribution in [2.45, 2.75) is 13.5 Å². The first-order chi connectivity index (χ1) is 11.1. The second kappa shape index (κ2) is 5.91. The van der Waals surface area contributed by atoms with E-state index in [0.29, 0.717) is 18.0 Å². The summed E-state index contributed by atoms with van der Waals surface area (Å²) in [5.41, 5.74) is 2.51. The van der Waals surface area contributed by atoms with Gasteiger partial charge in [-0.2, -0.15) is 0 Å². The van der Waals surface area contributed by atoms with Gasteiger partial charge < -0.3 is 20.2 Å². The number of rotatable bonds is 5. The number of ether oxygens (including phenoxy) is 1. The largest absolute Gasteiger partial charge is 0.496 e. The fraction of sp³-hybridized carbons (Fsp3) is 0.200. The maximum absolute atomic E-state index is 10.9. The normalized spacial score (nSPS) is 10.7. The molecule has 0 unspecified atom stereocenters. The zero-order valence-corrected chi connectivity index (χ0v) is 12.7. The van der Waals surface area contributed by atoms with E-state index >= 15 is 0 Å². The van der Waals surface area contributed by atoms with Crippen molar-refractivity contribution in [1.29, 1.82) is 0 Å². The van der Waals surface area contributed by atoms with E-state index in [0.717, 1.165) is 16.9 Å². The third-order valence-electron chi connectivity index (χ3n) is 3.43. The van der Waals surface area contributed by atoms with Crippen LogP contribution in [0.2, 0.25) is 0 Å². The second-order valence-electron chi connectivity index (χ2n) is 5.03. The fourth-order valence-corrected chi connectivity index (χ4v) is 2.26. The first kappa shape index (κ1) is 14.8. The molecular formula is C15H15N5O3. The molecule has 2 heterocycles. The Morgan fingerprint density at radius 2 is 2.17 bits per heavy atom. The summed E-state index contributed by atoms with van der Waals surface area (Å²) in [5.74, 6) is 1.13. The number of nitro groups is 1. The van der Waals surface area contributed by atoms with Gasteiger partial charge in [0.25, 0.3) is 0 Å². The zero-order valence-electron chi connectivity index (χ0n) is 12.7. The van der Waals surface area contributed by atoms with Gasteiger partial charge in [-0.15, -0.1) is 0 Å². The summed E-state index contributed by atoms with van der Waals surface area (Å²) in [6.07, 6.45) is 1.19. The van der Waals surface area contributed by atoms with Crippen LogP contribution in [0.5, 0.6) is 5.75 Å². The predicted molar refractivity (Wildman–Crippen MR) is 84.7 cm³/mol. The lowest BCUT2D eigenvalue weighted by atomic mass is 10.1. The molecule has 0 atom stereocenters. The number of hydrogen-bond acceptors (Lipinski definition) is 6. The van der Waals surface area contributed by atoms with E-state index in [-0.39, 0.29) is 5.82 Å². The minimum absolute atomic E-state index is 0.170. The van der Waals surface area contributed by atoms with Crippen molar-refractivity contribution in [2.75, 3.05) is 12.4 Å². The van der Waals surface area contributed by atoms with Crippen LogP contribution in [-0.2, 0) is 6.54 Å². The van der Waals surface area contributed by atoms with E-state index in [2.05, 4.69) is 15.4 Å². The number of anilines is 1. The highest BCUT2D eigenvalue weighted by Gasteiger charge is 2.16. The van der Waals surface area contributed by atoms with Gasteiger partial charge in [-0.3, -0.25) is 0 Å². The average molecular weight is 313 g/mol. The van der Waals surface area contributed by atoms with Crippen LogP contribution >= 0.6 is 0 Å². The van der Waals surface area contributed by atoms with Crippen molar-refractivity contribution < 1.29 is 9.66 Å². The van der Waals surface area contributed by atoms with Gasteiger partial charge in [-0.1, -0.05) is 21.7 Å². The summed E-state index contributed by atoms with van der Waals surface area (Å²) >= 11 is 0. The lowest BCUT2D eigenvalue weighted by Gasteiger charge is -2.10. The predicted octanol–water partition coefficient (Wildman–Crippen LogP) is 2.57. The number of imidazole rings is 1. The van der Waals surface area contributed by atoms with Gasteiger partial charge >= 0.3 is 5.82 Å². The van der Waals surface area contributed by atoms with Crippen LogP contribution in [0, 0.1) is 17.0 Å². The first-order valence-electron chi connectivity index (χ1n) is 6.95. The molecule has 0 saturated carbocycles. The van der Waals surface area contributed by atoms with E-state index in [1.165, 1.54) is 10.7 Å². The van der Waals surface area contributed by atoms with Crippen LogP contribution < -0.4 is 10.1 Å². The quantitative estimate of drug-likeness (QED) is 0.574. The average Bonchev–Trinajstić information content (AvgIpc) is 2.96. The Hall–Kier alpha value is -3.16. The lowest BCUT2D eigenvalue weighted by molar-refractivity contribution is -0.391. The molecule has 3 aromatic rings. The van der Waals surface area contributed by atoms with E-state index in [4.69, 9.17) is 4.74 Å². The molecule has 0 fully saturated rings. The molecule has 2 aromatic heterocycles. The molecule has 0 spiro atoms. The smallest absolute Gasteiger partial charge is 0.368 e. The third kappa shape index (κ3) is 2.91. The number of nitrogens with zero attached hydrogens (tertiary/aromatic N) is 4. The highest BCUT2D eigenvalue weighted by atomic mass is 16.6. The molecule has 3 rings (SSSR count). The summed E-state index contributed by atoms with van der Waals surface area (Å²) in [5, 5.41) is 18.3. The molecule has 1 aromatic carbocycles. The van der Waals surface area contributed by atoms with Crippen molar-refractivity contribution in [3.8, 4) is 5.75 Å². The molecule has 0 radical (unpaired) electrons. The van der Waals surface area contributed by atoms with Crippen LogP contribution in [0.3, 0.4) is 0 Å². The maximum atomic E-state index is 10.9. The molecule has 0 amide bonds. The van der Waals surface area contributed by atoms with Gasteiger partial charge in [0.05, 0.1) is 7.11 Å². The number of nitrogens with one attached hydrogen (secondary N) is 1. The van der Waals surface area contributed by atoms with Gasteiger partial charge in [-0.05, 0) is 29.5 Å². The summed E-state index contributed by atoms with van der Waals surface area (Å²) in [6.45, 7) is 2.48. The molecule has 0 aliphatic carbocycles. The van der Waals surface area contributed by atoms with Gasteiger partial charge in [0.2, 0.25) is 5.65 Å². The van der Waals surface area contributed by atoms with Gasteiger partial charge in [-0.25, -0.2) is 4.98 Å². The molecular weight excluding hydrogens is 298 g/mol. The molecule has 8 heteroatoms. The standard InChI is InChI=1S/C15H15N5O3/c1-10-3-4-11(12(7-10)23-2)8-16-13-5-6-14-17-9-15(20(21)22)19(14)18-13/h3-7,9H,8H2,1-2H3,(H,16,18). The second-order valence-corrected chi connectivity index (χ2v) is 5.03. The molecule has 0 bridgehead atoms. The monoisotopic (exact) mass is 313 g/mol. The highest BCUT2D eigenvalue weighted by Crippen LogP contribution is 2.21. The molecule has 8 nitrogen and oxygen atoms in total. The SMILES string of the molecule is COc1cc(C)ccc1CNc1ccc2ncc([N+](=O)[O-])n2n1. The van der Waals surface area contributed by atoms with Crippen molar-refractivity contribution in [1.82, 2.24) is 14.6 Å². The Bertz CT molecular complexity index is 875. The first-order valence-corrected chi connectivity index (χ1v) is 6.95. The molecule has 1 N–H and O–H groups in total. The number of aromatic nitrogens is 3. The Morgan fingerprint density at radius 3 is 2.91 bits per heavy atom. The van der Waals surface area contributed by atoms with Crippen molar-refractivity contribution in [3.05, 3.63) is 57.8 Å². The minimum Gasteiger partial charge on any atom is -0.496 e. The Kier molecular flexibility index (Phi) is 3.80. The number of aryl methyl sites for hydroxylation is 1. The van der Waals surface area contributed by atoms with Crippen molar-refractivity contribution >= 4 is 17.3 Å². The van der Waals surface area contributed by atoms with E-state index in [9.17, 15) is 10.1 Å². The Balaban J connectivity index is 1.84. The molecule has 0 saturated heterocycles. The van der Waals surface area contributed by atoms with Gasteiger partial charge in [0, 0.05) is 18.2 Å². The van der Waals surface area contributed by atoms with Gasteiger partial charge in [0.15, 0.2) is 5.82 Å². The van der Waals surface area contributed by atoms with Crippen LogP contribution in [0.25, 0.3) is 5.65 Å². The maximum Gasteiger partial charge on any atom is 0.368 e. The fourth-order valence-electron chi connectivity index (χ4n) is 2.26. The summed E-state index contributed by atoms with van der Waals surface area (Å²) in [7, 11) is 1.62. The van der Waals surface area contributed by atoms with E-state index in [1.807, 2.05) is 25.1 Å². The summed E-state index contributed by atoms with van der Waals surface area (Å²) in [6, 6.07) is 9.33. The summed E-state index contributed by atoms with van der Waals surface area (Å²) in [4.78, 5) is 14.4. The molecule has 118 valence electrons. The van der Waals surface area contributed by atoms with Crippen LogP contribution in [-0.4, -0.2) is 26.6 Å². The van der Waals surface area contributed by atoms with Gasteiger partial charge in [0.1, 0.15) is 11.9 Å². The highest BCUT2D eigenvalue weighted by molar-refractivity contribution is 5.49. The minimum atomic E-state index is -0.514. The zero-order chi connectivity index (χ0) is 16.4. The molecule has 23 heavy (non-hydrogen) atoms. The Labute approximate surface area is 131 Å². The van der Waals surface area contributed by atoms with Crippen LogP contribution in [0.15, 0.2) is 36.5 Å². The van der Waals surface area contributed by atoms with Crippen molar-refractivity contribution in [2.24, 2.45) is 0 Å². The number of methoxy groups -OCH3 is 1. The lowest BCUT2D eigenvalue weighted by Crippen LogP contribution is -2.06. The summed E-state index contributed by atoms with van der Waals surface area (Å²) < 4.78 is 6.56. The molecule has 0 aliphatic heterocycles. The van der Waals surface area contributed by atoms with Crippen LogP contribution in [0.1, 0.15) is 11.1 Å². The third-order valence-corrected chi connectivity index (χ3v) is 3.43. The van der Waals surface area contributed by atoms with E-state index in [1.54, 1.807) is 19.2 Å². The number of fused-ring (bicyclic) bond motifs is 1. The van der Waals surface area contributed by atoms with E-state index < -0.39 is 4.92 Å². The molecule has 0 aliphatic rings. The number of benzene rings is 1. The van der Waals surface area contributed by atoms with Crippen molar-refractivity contribution in [3.63, 3.8) is 0 Å².